The van der Waals surface area contributed by atoms with E-state index in [1.54, 1.807) is 49.4 Å². The molecule has 0 saturated carbocycles. The number of furan rings is 2. The summed E-state index contributed by atoms with van der Waals surface area (Å²) in [6.45, 7) is 1.55. The first-order chi connectivity index (χ1) is 21.0. The van der Waals surface area contributed by atoms with Crippen molar-refractivity contribution in [3.8, 4) is 0 Å². The number of sulfonamides is 1. The van der Waals surface area contributed by atoms with Crippen LogP contribution in [-0.4, -0.2) is 36.6 Å². The Morgan fingerprint density at radius 2 is 1.73 bits per heavy atom. The molecule has 1 amide bonds. The summed E-state index contributed by atoms with van der Waals surface area (Å²) in [7, 11) is -2.81. The maximum Gasteiger partial charge on any atom is 0.340 e. The quantitative estimate of drug-likeness (QED) is 0.130. The van der Waals surface area contributed by atoms with Gasteiger partial charge in [0, 0.05) is 17.3 Å². The standard InChI is InChI=1S/C31H25Cl3N2O7S/c1-19-29(31(38)41-2)26(30(37)36(19)18-23-4-3-13-42-23)15-22-8-9-24(43-22)17-35(16-20-5-12-27(33)28(34)14-20)44(39,40)25-10-6-21(32)7-11-25/h3-15H,16-18H2,1-2H3/b26-15+. The molecule has 2 aromatic carbocycles. The summed E-state index contributed by atoms with van der Waals surface area (Å²) in [6, 6.07) is 17.3. The van der Waals surface area contributed by atoms with Crippen molar-refractivity contribution in [3.63, 3.8) is 0 Å². The molecule has 0 fully saturated rings. The van der Waals surface area contributed by atoms with Crippen LogP contribution >= 0.6 is 34.8 Å². The van der Waals surface area contributed by atoms with Crippen LogP contribution in [0, 0.1) is 0 Å². The molecule has 0 radical (unpaired) electrons. The number of nitrogens with zero attached hydrogens (tertiary/aromatic N) is 2. The third-order valence-corrected chi connectivity index (χ3v) is 9.69. The highest BCUT2D eigenvalue weighted by molar-refractivity contribution is 7.89. The van der Waals surface area contributed by atoms with Crippen LogP contribution in [0.4, 0.5) is 0 Å². The van der Waals surface area contributed by atoms with E-state index >= 15 is 0 Å². The number of amides is 1. The zero-order valence-electron chi connectivity index (χ0n) is 23.4. The van der Waals surface area contributed by atoms with Crippen molar-refractivity contribution in [2.75, 3.05) is 7.11 Å². The van der Waals surface area contributed by atoms with Gasteiger partial charge >= 0.3 is 5.97 Å². The molecule has 0 spiro atoms. The number of rotatable bonds is 10. The number of carbonyl (C=O) groups is 2. The minimum atomic E-state index is -4.04. The Hall–Kier alpha value is -3.80. The highest BCUT2D eigenvalue weighted by Gasteiger charge is 2.37. The zero-order valence-corrected chi connectivity index (χ0v) is 26.5. The number of allylic oxidation sites excluding steroid dienone is 1. The van der Waals surface area contributed by atoms with E-state index in [0.29, 0.717) is 27.1 Å². The lowest BCUT2D eigenvalue weighted by Gasteiger charge is -2.22. The molecule has 3 heterocycles. The van der Waals surface area contributed by atoms with E-state index in [9.17, 15) is 18.0 Å². The average molecular weight is 676 g/mol. The molecule has 9 nitrogen and oxygen atoms in total. The maximum absolute atomic E-state index is 13.7. The fourth-order valence-corrected chi connectivity index (χ4v) is 6.51. The van der Waals surface area contributed by atoms with E-state index in [4.69, 9.17) is 48.4 Å². The van der Waals surface area contributed by atoms with E-state index < -0.39 is 21.9 Å². The third-order valence-electron chi connectivity index (χ3n) is 6.89. The molecule has 228 valence electrons. The van der Waals surface area contributed by atoms with Crippen molar-refractivity contribution in [1.82, 2.24) is 9.21 Å². The highest BCUT2D eigenvalue weighted by atomic mass is 35.5. The van der Waals surface area contributed by atoms with Crippen molar-refractivity contribution in [2.24, 2.45) is 0 Å². The van der Waals surface area contributed by atoms with Crippen LogP contribution in [0.25, 0.3) is 6.08 Å². The monoisotopic (exact) mass is 674 g/mol. The van der Waals surface area contributed by atoms with Gasteiger partial charge in [0.1, 0.15) is 17.3 Å². The Kier molecular flexibility index (Phi) is 9.38. The molecule has 0 bridgehead atoms. The Morgan fingerprint density at radius 1 is 0.977 bits per heavy atom. The van der Waals surface area contributed by atoms with Gasteiger partial charge in [-0.2, -0.15) is 4.31 Å². The second-order valence-electron chi connectivity index (χ2n) is 9.76. The van der Waals surface area contributed by atoms with Crippen molar-refractivity contribution in [3.05, 3.63) is 128 Å². The molecule has 1 aliphatic rings. The number of carbonyl (C=O) groups excluding carboxylic acids is 2. The molecular formula is C31H25Cl3N2O7S. The lowest BCUT2D eigenvalue weighted by Crippen LogP contribution is -2.30. The number of hydrogen-bond donors (Lipinski definition) is 0. The first-order valence-electron chi connectivity index (χ1n) is 13.1. The summed E-state index contributed by atoms with van der Waals surface area (Å²) >= 11 is 18.2. The number of halogens is 3. The molecule has 13 heteroatoms. The molecule has 2 aromatic heterocycles. The van der Waals surface area contributed by atoms with Crippen molar-refractivity contribution >= 4 is 62.8 Å². The Balaban J connectivity index is 1.46. The van der Waals surface area contributed by atoms with E-state index in [-0.39, 0.29) is 52.2 Å². The molecule has 0 N–H and O–H groups in total. The smallest absolute Gasteiger partial charge is 0.340 e. The molecule has 4 aromatic rings. The zero-order chi connectivity index (χ0) is 31.6. The highest BCUT2D eigenvalue weighted by Crippen LogP contribution is 2.34. The fourth-order valence-electron chi connectivity index (χ4n) is 4.67. The van der Waals surface area contributed by atoms with Crippen LogP contribution < -0.4 is 0 Å². The van der Waals surface area contributed by atoms with Gasteiger partial charge in [-0.3, -0.25) is 4.79 Å². The fraction of sp³-hybridized carbons (Fsp3) is 0.161. The molecule has 0 unspecified atom stereocenters. The number of methoxy groups -OCH3 is 1. The second kappa shape index (κ2) is 13.1. The second-order valence-corrected chi connectivity index (χ2v) is 12.9. The molecule has 1 aliphatic heterocycles. The summed E-state index contributed by atoms with van der Waals surface area (Å²) in [5.74, 6) is -0.0719. The molecule has 44 heavy (non-hydrogen) atoms. The SMILES string of the molecule is COC(=O)C1=C(C)N(Cc2ccco2)C(=O)/C1=C/c1ccc(CN(Cc2ccc(Cl)c(Cl)c2)S(=O)(=O)c2ccc(Cl)cc2)o1. The van der Waals surface area contributed by atoms with Crippen LogP contribution in [0.1, 0.15) is 29.8 Å². The van der Waals surface area contributed by atoms with Gasteiger partial charge in [0.25, 0.3) is 5.91 Å². The van der Waals surface area contributed by atoms with Gasteiger partial charge in [0.2, 0.25) is 10.0 Å². The molecule has 5 rings (SSSR count). The summed E-state index contributed by atoms with van der Waals surface area (Å²) in [6.07, 6.45) is 2.93. The molecule has 0 saturated heterocycles. The van der Waals surface area contributed by atoms with E-state index in [1.807, 2.05) is 0 Å². The van der Waals surface area contributed by atoms with Crippen LogP contribution in [0.2, 0.25) is 15.1 Å². The van der Waals surface area contributed by atoms with Gasteiger partial charge < -0.3 is 18.5 Å². The lowest BCUT2D eigenvalue weighted by atomic mass is 10.1. The van der Waals surface area contributed by atoms with Gasteiger partial charge in [-0.05, 0) is 79.2 Å². The van der Waals surface area contributed by atoms with Crippen LogP contribution in [0.15, 0.2) is 104 Å². The van der Waals surface area contributed by atoms with Crippen LogP contribution in [0.5, 0.6) is 0 Å². The molecule has 0 atom stereocenters. The van der Waals surface area contributed by atoms with Crippen molar-refractivity contribution < 1.29 is 31.6 Å². The molecule has 0 aliphatic carbocycles. The number of ether oxygens (including phenoxy) is 1. The topological polar surface area (TPSA) is 110 Å². The number of benzene rings is 2. The number of esters is 1. The summed E-state index contributed by atoms with van der Waals surface area (Å²) in [4.78, 5) is 27.6. The van der Waals surface area contributed by atoms with E-state index in [0.717, 1.165) is 0 Å². The van der Waals surface area contributed by atoms with Crippen LogP contribution in [0.3, 0.4) is 0 Å². The van der Waals surface area contributed by atoms with Gasteiger partial charge in [0.15, 0.2) is 0 Å². The lowest BCUT2D eigenvalue weighted by molar-refractivity contribution is -0.136. The summed E-state index contributed by atoms with van der Waals surface area (Å²) < 4.78 is 45.0. The van der Waals surface area contributed by atoms with Crippen molar-refractivity contribution in [2.45, 2.75) is 31.5 Å². The first kappa shape index (κ1) is 31.6. The summed E-state index contributed by atoms with van der Waals surface area (Å²) in [5.41, 5.74) is 1.16. The Morgan fingerprint density at radius 3 is 2.39 bits per heavy atom. The largest absolute Gasteiger partial charge is 0.467 e. The predicted molar refractivity (Wildman–Crippen MR) is 165 cm³/mol. The predicted octanol–water partition coefficient (Wildman–Crippen LogP) is 7.10. The third kappa shape index (κ3) is 6.64. The summed E-state index contributed by atoms with van der Waals surface area (Å²) in [5, 5.41) is 1.02. The minimum Gasteiger partial charge on any atom is -0.467 e. The van der Waals surface area contributed by atoms with Gasteiger partial charge in [-0.25, -0.2) is 13.2 Å². The Bertz CT molecular complexity index is 1880. The van der Waals surface area contributed by atoms with E-state index in [2.05, 4.69) is 0 Å². The normalized spacial score (nSPS) is 14.7. The van der Waals surface area contributed by atoms with Crippen molar-refractivity contribution in [1.29, 1.82) is 0 Å². The van der Waals surface area contributed by atoms with E-state index in [1.165, 1.54) is 52.9 Å². The Labute approximate surface area is 268 Å². The van der Waals surface area contributed by atoms with Gasteiger partial charge in [-0.15, -0.1) is 0 Å². The molecular weight excluding hydrogens is 651 g/mol. The first-order valence-corrected chi connectivity index (χ1v) is 15.7. The van der Waals surface area contributed by atoms with Gasteiger partial charge in [-0.1, -0.05) is 40.9 Å². The minimum absolute atomic E-state index is 0.0346. The van der Waals surface area contributed by atoms with Gasteiger partial charge in [0.05, 0.1) is 52.5 Å². The average Bonchev–Trinajstić information content (AvgIpc) is 3.73. The maximum atomic E-state index is 13.7. The number of hydrogen-bond acceptors (Lipinski definition) is 7. The van der Waals surface area contributed by atoms with Crippen LogP contribution in [-0.2, 0) is 44.0 Å².